The Kier molecular flexibility index (Phi) is 8.00. The molecule has 1 saturated heterocycles. The Balaban J connectivity index is 1.86. The van der Waals surface area contributed by atoms with Crippen molar-refractivity contribution >= 4 is 37.9 Å². The van der Waals surface area contributed by atoms with Crippen molar-refractivity contribution in [3.8, 4) is 12.3 Å². The van der Waals surface area contributed by atoms with E-state index in [1.165, 1.54) is 4.90 Å². The predicted molar refractivity (Wildman–Crippen MR) is 146 cm³/mol. The molecule has 1 aliphatic heterocycles. The van der Waals surface area contributed by atoms with Crippen molar-refractivity contribution in [3.63, 3.8) is 0 Å². The largest absolute Gasteiger partial charge is 0.463 e. The van der Waals surface area contributed by atoms with Crippen molar-refractivity contribution in [2.75, 3.05) is 0 Å². The first-order chi connectivity index (χ1) is 16.6. The summed E-state index contributed by atoms with van der Waals surface area (Å²) < 4.78 is 6.70. The number of aliphatic imine (C=N–C) groups is 1. The van der Waals surface area contributed by atoms with Crippen LogP contribution in [0.3, 0.4) is 0 Å². The number of hydrogen-bond donors (Lipinski definition) is 2. The van der Waals surface area contributed by atoms with Crippen LogP contribution in [0.2, 0.25) is 23.2 Å². The maximum Gasteiger partial charge on any atom is 0.434 e. The van der Waals surface area contributed by atoms with Gasteiger partial charge < -0.3 is 14.8 Å². The molecule has 7 nitrogen and oxygen atoms in total. The number of carbonyl (C=O) groups excluding carboxylic acids is 1. The molecule has 1 aromatic rings. The van der Waals surface area contributed by atoms with Crippen molar-refractivity contribution in [1.82, 2.24) is 10.2 Å². The summed E-state index contributed by atoms with van der Waals surface area (Å²) in [6, 6.07) is 5.13. The number of carboxylic acid groups (broad SMARTS) is 1. The number of nitrogens with one attached hydrogen (secondary N) is 1. The molecule has 3 rings (SSSR count). The molecule has 196 valence electrons. The molecule has 0 spiro atoms. The highest BCUT2D eigenvalue weighted by molar-refractivity contribution is 6.74. The predicted octanol–water partition coefficient (Wildman–Crippen LogP) is 5.97. The third kappa shape index (κ3) is 5.64. The number of benzene rings is 1. The number of carbonyl (C=O) groups is 2. The van der Waals surface area contributed by atoms with Gasteiger partial charge in [0.15, 0.2) is 8.32 Å². The molecule has 2 N–H and O–H groups in total. The van der Waals surface area contributed by atoms with Crippen molar-refractivity contribution in [2.45, 2.75) is 96.1 Å². The molecule has 0 radical (unpaired) electrons. The van der Waals surface area contributed by atoms with Crippen LogP contribution in [0, 0.1) is 18.3 Å². The summed E-state index contributed by atoms with van der Waals surface area (Å²) >= 11 is 6.56. The monoisotopic (exact) mass is 531 g/mol. The normalized spacial score (nSPS) is 28.5. The fourth-order valence-electron chi connectivity index (χ4n) is 4.94. The van der Waals surface area contributed by atoms with Gasteiger partial charge in [-0.05, 0) is 61.9 Å². The van der Waals surface area contributed by atoms with E-state index in [9.17, 15) is 14.7 Å². The van der Waals surface area contributed by atoms with Gasteiger partial charge in [-0.2, -0.15) is 0 Å². The van der Waals surface area contributed by atoms with E-state index in [1.54, 1.807) is 18.2 Å². The molecule has 9 heteroatoms. The molecule has 1 heterocycles. The quantitative estimate of drug-likeness (QED) is 0.369. The molecule has 1 aromatic carbocycles. The zero-order chi connectivity index (χ0) is 27.1. The highest BCUT2D eigenvalue weighted by Gasteiger charge is 2.47. The molecule has 36 heavy (non-hydrogen) atoms. The number of rotatable bonds is 4. The number of guanidine groups is 1. The highest BCUT2D eigenvalue weighted by Crippen LogP contribution is 2.42. The minimum Gasteiger partial charge on any atom is -0.463 e. The van der Waals surface area contributed by atoms with Gasteiger partial charge >= 0.3 is 6.09 Å². The van der Waals surface area contributed by atoms with Gasteiger partial charge in [-0.3, -0.25) is 9.69 Å². The zero-order valence-corrected chi connectivity index (χ0v) is 24.1. The lowest BCUT2D eigenvalue weighted by Crippen LogP contribution is -2.63. The summed E-state index contributed by atoms with van der Waals surface area (Å²) in [5, 5.41) is 13.2. The summed E-state index contributed by atoms with van der Waals surface area (Å²) in [6.07, 6.45) is 6.63. The van der Waals surface area contributed by atoms with Crippen molar-refractivity contribution in [3.05, 3.63) is 34.3 Å². The van der Waals surface area contributed by atoms with Crippen LogP contribution in [0.15, 0.2) is 23.2 Å². The Morgan fingerprint density at radius 2 is 2.03 bits per heavy atom. The Labute approximate surface area is 220 Å². The Bertz CT molecular complexity index is 1110. The standard InChI is InChI=1S/C27H38ClN3O4Si/c1-9-18-11-10-12-20(23(18)28)27(6)16-22(32)31(24(30-27)29-25(33)34)19-13-14-21(17(2)15-19)35-36(7,8)26(3,4)5/h1,10-12,17,19,21H,13-16H2,2-8H3,(H,29,30)(H,33,34)/t17?,19?,21?,27-/m0/s1. The maximum absolute atomic E-state index is 13.6. The fourth-order valence-corrected chi connectivity index (χ4v) is 6.79. The maximum atomic E-state index is 13.6. The summed E-state index contributed by atoms with van der Waals surface area (Å²) in [4.78, 5) is 30.6. The third-order valence-electron chi connectivity index (χ3n) is 8.02. The van der Waals surface area contributed by atoms with Gasteiger partial charge in [0, 0.05) is 17.7 Å². The molecular formula is C27H38ClN3O4Si. The molecule has 4 atom stereocenters. The van der Waals surface area contributed by atoms with Crippen LogP contribution in [0.4, 0.5) is 4.79 Å². The van der Waals surface area contributed by atoms with E-state index in [2.05, 4.69) is 57.0 Å². The van der Waals surface area contributed by atoms with Gasteiger partial charge in [-0.25, -0.2) is 4.79 Å². The van der Waals surface area contributed by atoms with Crippen molar-refractivity contribution in [1.29, 1.82) is 0 Å². The van der Waals surface area contributed by atoms with Crippen LogP contribution in [-0.2, 0) is 14.8 Å². The van der Waals surface area contributed by atoms with Crippen molar-refractivity contribution in [2.24, 2.45) is 10.9 Å². The lowest BCUT2D eigenvalue weighted by atomic mass is 9.81. The van der Waals surface area contributed by atoms with E-state index in [0.717, 1.165) is 6.42 Å². The summed E-state index contributed by atoms with van der Waals surface area (Å²) in [5.74, 6) is 2.60. The lowest BCUT2D eigenvalue weighted by Gasteiger charge is -2.48. The number of halogens is 1. The molecule has 2 fully saturated rings. The highest BCUT2D eigenvalue weighted by atomic mass is 35.5. The summed E-state index contributed by atoms with van der Waals surface area (Å²) in [5.41, 5.74) is 0.184. The van der Waals surface area contributed by atoms with Crippen LogP contribution < -0.4 is 5.32 Å². The van der Waals surface area contributed by atoms with Crippen molar-refractivity contribution < 1.29 is 19.1 Å². The van der Waals surface area contributed by atoms with E-state index in [1.807, 2.05) is 6.92 Å². The smallest absolute Gasteiger partial charge is 0.434 e. The number of terminal acetylenes is 1. The SMILES string of the molecule is C#Cc1cccc([C@]2(C)CC(=O)N(C3CCC(O[Si](C)(C)C(C)(C)C)C(C)C3)/C(=N/C(=O)O)N2)c1Cl. The topological polar surface area (TPSA) is 91.2 Å². The minimum atomic E-state index is -1.94. The Hall–Kier alpha value is -2.34. The summed E-state index contributed by atoms with van der Waals surface area (Å²) in [7, 11) is -1.94. The third-order valence-corrected chi connectivity index (χ3v) is 12.9. The van der Waals surface area contributed by atoms with Gasteiger partial charge in [-0.15, -0.1) is 11.4 Å². The van der Waals surface area contributed by atoms with E-state index in [-0.39, 0.29) is 41.4 Å². The molecule has 0 bridgehead atoms. The fraction of sp³-hybridized carbons (Fsp3) is 0.593. The Morgan fingerprint density at radius 1 is 1.36 bits per heavy atom. The van der Waals surface area contributed by atoms with Gasteiger partial charge in [0.1, 0.15) is 0 Å². The van der Waals surface area contributed by atoms with Crippen LogP contribution >= 0.6 is 11.6 Å². The van der Waals surface area contributed by atoms with Crippen LogP contribution in [0.5, 0.6) is 0 Å². The molecule has 1 aliphatic carbocycles. The zero-order valence-electron chi connectivity index (χ0n) is 22.3. The van der Waals surface area contributed by atoms with Crippen LogP contribution in [-0.4, -0.2) is 48.4 Å². The van der Waals surface area contributed by atoms with Crippen LogP contribution in [0.25, 0.3) is 0 Å². The molecule has 3 unspecified atom stereocenters. The van der Waals surface area contributed by atoms with Gasteiger partial charge in [0.2, 0.25) is 11.9 Å². The lowest BCUT2D eigenvalue weighted by molar-refractivity contribution is -0.133. The number of amides is 2. The van der Waals surface area contributed by atoms with Gasteiger partial charge in [-0.1, -0.05) is 57.3 Å². The first-order valence-electron chi connectivity index (χ1n) is 12.4. The van der Waals surface area contributed by atoms with Crippen LogP contribution in [0.1, 0.15) is 71.4 Å². The van der Waals surface area contributed by atoms with E-state index >= 15 is 0 Å². The average molecular weight is 532 g/mol. The molecule has 2 amide bonds. The number of hydrogen-bond acceptors (Lipinski definition) is 3. The van der Waals surface area contributed by atoms with Gasteiger partial charge in [0.25, 0.3) is 0 Å². The second-order valence-corrected chi connectivity index (χ2v) is 16.9. The Morgan fingerprint density at radius 3 is 2.58 bits per heavy atom. The molecule has 0 aromatic heterocycles. The molecular weight excluding hydrogens is 494 g/mol. The first kappa shape index (κ1) is 28.2. The van der Waals surface area contributed by atoms with E-state index < -0.39 is 19.9 Å². The minimum absolute atomic E-state index is 0.0318. The second kappa shape index (κ2) is 10.2. The van der Waals surface area contributed by atoms with Gasteiger partial charge in [0.05, 0.1) is 17.0 Å². The molecule has 1 saturated carbocycles. The number of nitrogens with zero attached hydrogens (tertiary/aromatic N) is 2. The first-order valence-corrected chi connectivity index (χ1v) is 15.7. The molecule has 2 aliphatic rings. The van der Waals surface area contributed by atoms with E-state index in [4.69, 9.17) is 22.5 Å². The van der Waals surface area contributed by atoms with E-state index in [0.29, 0.717) is 29.0 Å². The average Bonchev–Trinajstić information content (AvgIpc) is 2.73. The summed E-state index contributed by atoms with van der Waals surface area (Å²) in [6.45, 7) is 15.1. The second-order valence-electron chi connectivity index (χ2n) is 11.8.